The van der Waals surface area contributed by atoms with Gasteiger partial charge in [0.2, 0.25) is 0 Å². The highest BCUT2D eigenvalue weighted by atomic mass is 16.7. The SMILES string of the molecule is CCOC(OCC)c1cncc(B2OC(C)(C)C(C)(C)O2)c1. The van der Waals surface area contributed by atoms with E-state index in [9.17, 15) is 0 Å². The molecule has 0 amide bonds. The molecular weight excluding hydrogens is 281 g/mol. The molecule has 0 atom stereocenters. The van der Waals surface area contributed by atoms with E-state index in [2.05, 4.69) is 4.98 Å². The summed E-state index contributed by atoms with van der Waals surface area (Å²) >= 11 is 0. The molecule has 1 aliphatic heterocycles. The molecule has 0 aromatic carbocycles. The maximum absolute atomic E-state index is 6.06. The van der Waals surface area contributed by atoms with Gasteiger partial charge in [-0.3, -0.25) is 4.98 Å². The third-order valence-corrected chi connectivity index (χ3v) is 4.21. The molecule has 6 heteroatoms. The molecular formula is C16H26BNO4. The number of aromatic nitrogens is 1. The number of pyridine rings is 1. The van der Waals surface area contributed by atoms with Gasteiger partial charge < -0.3 is 18.8 Å². The Morgan fingerprint density at radius 2 is 1.59 bits per heavy atom. The van der Waals surface area contributed by atoms with Crippen LogP contribution in [0.1, 0.15) is 53.4 Å². The average molecular weight is 307 g/mol. The van der Waals surface area contributed by atoms with Crippen LogP contribution in [-0.2, 0) is 18.8 Å². The molecule has 1 aliphatic rings. The van der Waals surface area contributed by atoms with Crippen LogP contribution >= 0.6 is 0 Å². The van der Waals surface area contributed by atoms with Gasteiger partial charge >= 0.3 is 7.12 Å². The summed E-state index contributed by atoms with van der Waals surface area (Å²) in [6.45, 7) is 13.2. The van der Waals surface area contributed by atoms with E-state index in [1.807, 2.05) is 47.6 Å². The van der Waals surface area contributed by atoms with Crippen molar-refractivity contribution in [2.75, 3.05) is 13.2 Å². The summed E-state index contributed by atoms with van der Waals surface area (Å²) in [4.78, 5) is 4.29. The molecule has 1 saturated heterocycles. The van der Waals surface area contributed by atoms with Crippen LogP contribution in [0.3, 0.4) is 0 Å². The lowest BCUT2D eigenvalue weighted by Crippen LogP contribution is -2.41. The van der Waals surface area contributed by atoms with Crippen LogP contribution in [-0.4, -0.2) is 36.5 Å². The molecule has 122 valence electrons. The highest BCUT2D eigenvalue weighted by Crippen LogP contribution is 2.36. The van der Waals surface area contributed by atoms with E-state index < -0.39 is 13.4 Å². The molecule has 0 spiro atoms. The number of ether oxygens (including phenoxy) is 2. The lowest BCUT2D eigenvalue weighted by Gasteiger charge is -2.32. The first-order valence-corrected chi connectivity index (χ1v) is 7.84. The maximum atomic E-state index is 6.06. The summed E-state index contributed by atoms with van der Waals surface area (Å²) in [6.07, 6.45) is 3.11. The Hall–Kier alpha value is -0.945. The lowest BCUT2D eigenvalue weighted by atomic mass is 9.80. The van der Waals surface area contributed by atoms with Crippen LogP contribution in [0.5, 0.6) is 0 Å². The van der Waals surface area contributed by atoms with Gasteiger partial charge in [0, 0.05) is 36.6 Å². The van der Waals surface area contributed by atoms with Crippen molar-refractivity contribution in [2.24, 2.45) is 0 Å². The van der Waals surface area contributed by atoms with Crippen molar-refractivity contribution in [3.05, 3.63) is 24.0 Å². The molecule has 22 heavy (non-hydrogen) atoms. The number of nitrogens with zero attached hydrogens (tertiary/aromatic N) is 1. The van der Waals surface area contributed by atoms with Crippen molar-refractivity contribution < 1.29 is 18.8 Å². The van der Waals surface area contributed by atoms with Gasteiger partial charge in [-0.2, -0.15) is 0 Å². The van der Waals surface area contributed by atoms with Gasteiger partial charge in [-0.15, -0.1) is 0 Å². The van der Waals surface area contributed by atoms with E-state index in [0.717, 1.165) is 11.0 Å². The summed E-state index contributed by atoms with van der Waals surface area (Å²) in [5, 5.41) is 0. The van der Waals surface area contributed by atoms with Gasteiger partial charge in [-0.1, -0.05) is 6.07 Å². The van der Waals surface area contributed by atoms with Crippen molar-refractivity contribution in [3.8, 4) is 0 Å². The molecule has 0 aliphatic carbocycles. The van der Waals surface area contributed by atoms with Gasteiger partial charge in [0.15, 0.2) is 6.29 Å². The van der Waals surface area contributed by atoms with E-state index in [4.69, 9.17) is 18.8 Å². The predicted molar refractivity (Wildman–Crippen MR) is 85.9 cm³/mol. The zero-order chi connectivity index (χ0) is 16.4. The summed E-state index contributed by atoms with van der Waals surface area (Å²) in [5.41, 5.74) is 1.01. The largest absolute Gasteiger partial charge is 0.496 e. The number of hydrogen-bond donors (Lipinski definition) is 0. The maximum Gasteiger partial charge on any atom is 0.496 e. The monoisotopic (exact) mass is 307 g/mol. The first-order valence-electron chi connectivity index (χ1n) is 7.84. The Balaban J connectivity index is 2.22. The fraction of sp³-hybridized carbons (Fsp3) is 0.688. The fourth-order valence-electron chi connectivity index (χ4n) is 2.26. The third kappa shape index (κ3) is 3.51. The van der Waals surface area contributed by atoms with Crippen LogP contribution < -0.4 is 5.46 Å². The minimum absolute atomic E-state index is 0.368. The first-order chi connectivity index (χ1) is 10.3. The summed E-state index contributed by atoms with van der Waals surface area (Å²) in [5.74, 6) is 0. The summed E-state index contributed by atoms with van der Waals surface area (Å²) in [7, 11) is -0.429. The van der Waals surface area contributed by atoms with Crippen LogP contribution in [0.25, 0.3) is 0 Å². The Morgan fingerprint density at radius 1 is 1.05 bits per heavy atom. The van der Waals surface area contributed by atoms with E-state index in [-0.39, 0.29) is 11.2 Å². The van der Waals surface area contributed by atoms with Crippen LogP contribution in [0.15, 0.2) is 18.5 Å². The van der Waals surface area contributed by atoms with Crippen LogP contribution in [0, 0.1) is 0 Å². The molecule has 0 bridgehead atoms. The van der Waals surface area contributed by atoms with E-state index in [1.165, 1.54) is 0 Å². The summed E-state index contributed by atoms with van der Waals surface area (Å²) < 4.78 is 23.4. The van der Waals surface area contributed by atoms with Crippen LogP contribution in [0.2, 0.25) is 0 Å². The molecule has 2 rings (SSSR count). The van der Waals surface area contributed by atoms with Gasteiger partial charge in [0.05, 0.1) is 11.2 Å². The van der Waals surface area contributed by atoms with Gasteiger partial charge in [0.25, 0.3) is 0 Å². The quantitative estimate of drug-likeness (QED) is 0.597. The molecule has 0 saturated carbocycles. The summed E-state index contributed by atoms with van der Waals surface area (Å²) in [6, 6.07) is 1.98. The average Bonchev–Trinajstić information content (AvgIpc) is 2.67. The normalized spacial score (nSPS) is 19.9. The van der Waals surface area contributed by atoms with E-state index >= 15 is 0 Å². The Kier molecular flexibility index (Phi) is 5.27. The van der Waals surface area contributed by atoms with Crippen molar-refractivity contribution in [2.45, 2.75) is 59.0 Å². The second-order valence-corrected chi connectivity index (χ2v) is 6.38. The smallest absolute Gasteiger partial charge is 0.399 e. The van der Waals surface area contributed by atoms with Gasteiger partial charge in [0.1, 0.15) is 0 Å². The minimum Gasteiger partial charge on any atom is -0.399 e. The number of hydrogen-bond acceptors (Lipinski definition) is 5. The molecule has 5 nitrogen and oxygen atoms in total. The standard InChI is InChI=1S/C16H26BNO4/c1-7-19-14(20-8-2)12-9-13(11-18-10-12)17-21-15(3,4)16(5,6)22-17/h9-11,14H,7-8H2,1-6H3. The minimum atomic E-state index is -0.429. The lowest BCUT2D eigenvalue weighted by molar-refractivity contribution is -0.140. The Bertz CT molecular complexity index is 485. The van der Waals surface area contributed by atoms with Gasteiger partial charge in [-0.05, 0) is 41.5 Å². The van der Waals surface area contributed by atoms with Gasteiger partial charge in [-0.25, -0.2) is 0 Å². The molecule has 2 heterocycles. The van der Waals surface area contributed by atoms with Crippen molar-refractivity contribution in [1.29, 1.82) is 0 Å². The van der Waals surface area contributed by atoms with Crippen molar-refractivity contribution in [3.63, 3.8) is 0 Å². The second kappa shape index (κ2) is 6.66. The first kappa shape index (κ1) is 17.4. The molecule has 1 aromatic heterocycles. The second-order valence-electron chi connectivity index (χ2n) is 6.38. The predicted octanol–water partition coefficient (Wildman–Crippen LogP) is 2.45. The van der Waals surface area contributed by atoms with Crippen molar-refractivity contribution >= 4 is 12.6 Å². The Morgan fingerprint density at radius 3 is 2.09 bits per heavy atom. The molecule has 0 unspecified atom stereocenters. The van der Waals surface area contributed by atoms with Crippen LogP contribution in [0.4, 0.5) is 0 Å². The molecule has 1 fully saturated rings. The molecule has 0 N–H and O–H groups in total. The fourth-order valence-corrected chi connectivity index (χ4v) is 2.26. The highest BCUT2D eigenvalue weighted by molar-refractivity contribution is 6.62. The topological polar surface area (TPSA) is 49.8 Å². The number of rotatable bonds is 6. The van der Waals surface area contributed by atoms with E-state index in [1.54, 1.807) is 12.4 Å². The highest BCUT2D eigenvalue weighted by Gasteiger charge is 2.51. The third-order valence-electron chi connectivity index (χ3n) is 4.21. The Labute approximate surface area is 133 Å². The molecule has 1 aromatic rings. The molecule has 0 radical (unpaired) electrons. The zero-order valence-electron chi connectivity index (χ0n) is 14.4. The van der Waals surface area contributed by atoms with Crippen molar-refractivity contribution in [1.82, 2.24) is 4.98 Å². The zero-order valence-corrected chi connectivity index (χ0v) is 14.4. The van der Waals surface area contributed by atoms with E-state index in [0.29, 0.717) is 13.2 Å².